The van der Waals surface area contributed by atoms with Crippen LogP contribution in [0.4, 0.5) is 4.79 Å². The number of rotatable bonds is 2. The van der Waals surface area contributed by atoms with Crippen molar-refractivity contribution in [3.63, 3.8) is 0 Å². The highest BCUT2D eigenvalue weighted by atomic mass is 35.5. The number of carbonyl (C=O) groups is 2. The quantitative estimate of drug-likeness (QED) is 0.888. The van der Waals surface area contributed by atoms with Gasteiger partial charge in [-0.05, 0) is 33.6 Å². The molecule has 0 unspecified atom stereocenters. The van der Waals surface area contributed by atoms with Crippen LogP contribution in [-0.4, -0.2) is 50.7 Å². The van der Waals surface area contributed by atoms with Crippen LogP contribution in [0.2, 0.25) is 5.15 Å². The van der Waals surface area contributed by atoms with E-state index in [1.165, 1.54) is 17.3 Å². The third kappa shape index (κ3) is 3.90. The van der Waals surface area contributed by atoms with Crippen LogP contribution in [0.25, 0.3) is 0 Å². The molecule has 0 aliphatic carbocycles. The van der Waals surface area contributed by atoms with Crippen LogP contribution in [-0.2, 0) is 14.9 Å². The van der Waals surface area contributed by atoms with Crippen molar-refractivity contribution in [2.45, 2.75) is 44.6 Å². The largest absolute Gasteiger partial charge is 0.481 e. The molecular weight excluding hydrogens is 322 g/mol. The first kappa shape index (κ1) is 17.5. The van der Waals surface area contributed by atoms with E-state index in [4.69, 9.17) is 16.3 Å². The lowest BCUT2D eigenvalue weighted by Gasteiger charge is -2.38. The molecule has 0 radical (unpaired) electrons. The fourth-order valence-corrected chi connectivity index (χ4v) is 2.70. The monoisotopic (exact) mass is 341 g/mol. The molecule has 1 saturated heterocycles. The number of amides is 1. The molecule has 2 heterocycles. The number of carboxylic acids is 1. The Hall–Kier alpha value is -1.89. The van der Waals surface area contributed by atoms with Crippen LogP contribution in [0.3, 0.4) is 0 Å². The SMILES string of the molecule is CC(C)(C)OC(=O)N1CCC(C(=O)O)(c2cncc(Cl)n2)CC1. The summed E-state index contributed by atoms with van der Waals surface area (Å²) in [6.45, 7) is 5.92. The molecule has 1 aliphatic rings. The second-order valence-electron chi connectivity index (χ2n) is 6.58. The van der Waals surface area contributed by atoms with Crippen LogP contribution in [0.15, 0.2) is 12.4 Å². The molecule has 1 fully saturated rings. The van der Waals surface area contributed by atoms with Gasteiger partial charge in [0.25, 0.3) is 0 Å². The predicted molar refractivity (Wildman–Crippen MR) is 83.4 cm³/mol. The number of aromatic nitrogens is 2. The Bertz CT molecular complexity index is 607. The van der Waals surface area contributed by atoms with Crippen molar-refractivity contribution in [1.82, 2.24) is 14.9 Å². The van der Waals surface area contributed by atoms with E-state index >= 15 is 0 Å². The lowest BCUT2D eigenvalue weighted by molar-refractivity contribution is -0.146. The third-order valence-electron chi connectivity index (χ3n) is 3.77. The summed E-state index contributed by atoms with van der Waals surface area (Å²) in [6, 6.07) is 0. The van der Waals surface area contributed by atoms with Crippen molar-refractivity contribution in [2.24, 2.45) is 0 Å². The average molecular weight is 342 g/mol. The summed E-state index contributed by atoms with van der Waals surface area (Å²) in [4.78, 5) is 33.5. The second kappa shape index (κ2) is 6.31. The van der Waals surface area contributed by atoms with E-state index < -0.39 is 23.1 Å². The van der Waals surface area contributed by atoms with Gasteiger partial charge in [0.05, 0.1) is 11.9 Å². The number of halogens is 1. The standard InChI is InChI=1S/C15H20ClN3O4/c1-14(2,3)23-13(22)19-6-4-15(5-7-19,12(20)21)10-8-17-9-11(16)18-10/h8-9H,4-7H2,1-3H3,(H,20,21). The Balaban J connectivity index is 2.16. The van der Waals surface area contributed by atoms with Crippen LogP contribution < -0.4 is 0 Å². The molecule has 1 aromatic rings. The van der Waals surface area contributed by atoms with Gasteiger partial charge >= 0.3 is 12.1 Å². The lowest BCUT2D eigenvalue weighted by atomic mass is 9.76. The summed E-state index contributed by atoms with van der Waals surface area (Å²) >= 11 is 5.83. The van der Waals surface area contributed by atoms with Crippen molar-refractivity contribution < 1.29 is 19.4 Å². The van der Waals surface area contributed by atoms with Crippen molar-refractivity contribution >= 4 is 23.7 Å². The van der Waals surface area contributed by atoms with E-state index in [0.717, 1.165) is 0 Å². The first-order chi connectivity index (χ1) is 10.6. The van der Waals surface area contributed by atoms with Gasteiger partial charge in [0, 0.05) is 19.3 Å². The highest BCUT2D eigenvalue weighted by molar-refractivity contribution is 6.29. The Labute approximate surface area is 139 Å². The molecular formula is C15H20ClN3O4. The number of ether oxygens (including phenoxy) is 1. The normalized spacial score (nSPS) is 17.7. The molecule has 0 spiro atoms. The fraction of sp³-hybridized carbons (Fsp3) is 0.600. The Morgan fingerprint density at radius 3 is 2.39 bits per heavy atom. The molecule has 1 aromatic heterocycles. The van der Waals surface area contributed by atoms with Crippen molar-refractivity contribution in [3.8, 4) is 0 Å². The van der Waals surface area contributed by atoms with Crippen molar-refractivity contribution in [2.75, 3.05) is 13.1 Å². The van der Waals surface area contributed by atoms with Gasteiger partial charge in [-0.1, -0.05) is 11.6 Å². The maximum Gasteiger partial charge on any atom is 0.410 e. The molecule has 126 valence electrons. The molecule has 1 aliphatic heterocycles. The van der Waals surface area contributed by atoms with Gasteiger partial charge < -0.3 is 14.7 Å². The number of piperidine rings is 1. The summed E-state index contributed by atoms with van der Waals surface area (Å²) in [5.41, 5.74) is -1.45. The number of likely N-dealkylation sites (tertiary alicyclic amines) is 1. The molecule has 1 N–H and O–H groups in total. The zero-order valence-electron chi connectivity index (χ0n) is 13.4. The molecule has 23 heavy (non-hydrogen) atoms. The maximum absolute atomic E-state index is 12.1. The summed E-state index contributed by atoms with van der Waals surface area (Å²) in [7, 11) is 0. The van der Waals surface area contributed by atoms with Gasteiger partial charge in [0.15, 0.2) is 0 Å². The van der Waals surface area contributed by atoms with Gasteiger partial charge in [0.1, 0.15) is 16.2 Å². The number of aliphatic carboxylic acids is 1. The summed E-state index contributed by atoms with van der Waals surface area (Å²) < 4.78 is 5.32. The van der Waals surface area contributed by atoms with E-state index in [9.17, 15) is 14.7 Å². The highest BCUT2D eigenvalue weighted by Gasteiger charge is 2.46. The van der Waals surface area contributed by atoms with Gasteiger partial charge in [-0.15, -0.1) is 0 Å². The molecule has 0 bridgehead atoms. The number of hydrogen-bond donors (Lipinski definition) is 1. The zero-order chi connectivity index (χ0) is 17.3. The van der Waals surface area contributed by atoms with E-state index in [1.54, 1.807) is 20.8 Å². The summed E-state index contributed by atoms with van der Waals surface area (Å²) in [5, 5.41) is 9.85. The molecule has 0 atom stereocenters. The number of nitrogens with zero attached hydrogens (tertiary/aromatic N) is 3. The van der Waals surface area contributed by atoms with E-state index in [1.807, 2.05) is 0 Å². The van der Waals surface area contributed by atoms with Gasteiger partial charge in [-0.2, -0.15) is 0 Å². The van der Waals surface area contributed by atoms with Gasteiger partial charge in [-0.3, -0.25) is 9.78 Å². The first-order valence-electron chi connectivity index (χ1n) is 7.33. The van der Waals surface area contributed by atoms with Crippen LogP contribution in [0, 0.1) is 0 Å². The van der Waals surface area contributed by atoms with E-state index in [-0.39, 0.29) is 31.1 Å². The van der Waals surface area contributed by atoms with E-state index in [2.05, 4.69) is 9.97 Å². The van der Waals surface area contributed by atoms with Crippen LogP contribution in [0.1, 0.15) is 39.3 Å². The molecule has 7 nitrogen and oxygen atoms in total. The van der Waals surface area contributed by atoms with Crippen LogP contribution >= 0.6 is 11.6 Å². The second-order valence-corrected chi connectivity index (χ2v) is 6.97. The molecule has 0 saturated carbocycles. The minimum Gasteiger partial charge on any atom is -0.481 e. The Kier molecular flexibility index (Phi) is 4.79. The zero-order valence-corrected chi connectivity index (χ0v) is 14.1. The lowest BCUT2D eigenvalue weighted by Crippen LogP contribution is -2.50. The fourth-order valence-electron chi connectivity index (χ4n) is 2.55. The molecule has 1 amide bonds. The topological polar surface area (TPSA) is 92.6 Å². The van der Waals surface area contributed by atoms with Crippen molar-refractivity contribution in [1.29, 1.82) is 0 Å². The molecule has 0 aromatic carbocycles. The first-order valence-corrected chi connectivity index (χ1v) is 7.71. The van der Waals surface area contributed by atoms with Crippen LogP contribution in [0.5, 0.6) is 0 Å². The van der Waals surface area contributed by atoms with Gasteiger partial charge in [-0.25, -0.2) is 9.78 Å². The Morgan fingerprint density at radius 1 is 1.30 bits per heavy atom. The molecule has 2 rings (SSSR count). The minimum atomic E-state index is -1.18. The third-order valence-corrected chi connectivity index (χ3v) is 3.96. The molecule has 8 heteroatoms. The van der Waals surface area contributed by atoms with E-state index in [0.29, 0.717) is 5.69 Å². The number of hydrogen-bond acceptors (Lipinski definition) is 5. The highest BCUT2D eigenvalue weighted by Crippen LogP contribution is 2.35. The summed E-state index contributed by atoms with van der Waals surface area (Å²) in [5.74, 6) is -0.988. The summed E-state index contributed by atoms with van der Waals surface area (Å²) in [6.07, 6.45) is 2.81. The maximum atomic E-state index is 12.1. The smallest absolute Gasteiger partial charge is 0.410 e. The minimum absolute atomic E-state index is 0.151. The average Bonchev–Trinajstić information content (AvgIpc) is 2.45. The van der Waals surface area contributed by atoms with Crippen molar-refractivity contribution in [3.05, 3.63) is 23.2 Å². The number of carbonyl (C=O) groups excluding carboxylic acids is 1. The Morgan fingerprint density at radius 2 is 1.91 bits per heavy atom. The predicted octanol–water partition coefficient (Wildman–Crippen LogP) is 2.48. The van der Waals surface area contributed by atoms with Gasteiger partial charge in [0.2, 0.25) is 0 Å². The number of carboxylic acid groups (broad SMARTS) is 1.